The van der Waals surface area contributed by atoms with Crippen LogP contribution in [0, 0.1) is 11.3 Å². The van der Waals surface area contributed by atoms with Gasteiger partial charge in [-0.2, -0.15) is 9.57 Å². The van der Waals surface area contributed by atoms with Crippen molar-refractivity contribution in [3.8, 4) is 6.07 Å². The molecular weight excluding hydrogens is 254 g/mol. The summed E-state index contributed by atoms with van der Waals surface area (Å²) in [5.74, 6) is 0. The highest BCUT2D eigenvalue weighted by Gasteiger charge is 2.26. The normalized spacial score (nSPS) is 12.4. The van der Waals surface area contributed by atoms with Crippen LogP contribution in [0.15, 0.2) is 23.2 Å². The molecule has 0 aromatic carbocycles. The van der Waals surface area contributed by atoms with Crippen molar-refractivity contribution in [2.45, 2.75) is 24.3 Å². The Balaban J connectivity index is 3.02. The van der Waals surface area contributed by atoms with Gasteiger partial charge in [-0.15, -0.1) is 0 Å². The topological polar surface area (TPSA) is 94.3 Å². The van der Waals surface area contributed by atoms with Gasteiger partial charge in [0.1, 0.15) is 16.7 Å². The molecule has 0 radical (unpaired) electrons. The third-order valence-electron chi connectivity index (χ3n) is 2.17. The summed E-state index contributed by atoms with van der Waals surface area (Å²) in [6.07, 6.45) is 1.13. The molecule has 0 bridgehead atoms. The summed E-state index contributed by atoms with van der Waals surface area (Å²) in [5.41, 5.74) is -0.971. The molecule has 0 aliphatic carbocycles. The van der Waals surface area contributed by atoms with Gasteiger partial charge in [-0.25, -0.2) is 13.4 Å². The van der Waals surface area contributed by atoms with Crippen LogP contribution in [0.3, 0.4) is 0 Å². The highest BCUT2D eigenvalue weighted by molar-refractivity contribution is 7.89. The van der Waals surface area contributed by atoms with E-state index in [9.17, 15) is 13.5 Å². The van der Waals surface area contributed by atoms with Crippen LogP contribution in [0.5, 0.6) is 0 Å². The molecule has 6 nitrogen and oxygen atoms in total. The molecular formula is C11H15N3O3S. The predicted molar refractivity (Wildman–Crippen MR) is 65.1 cm³/mol. The third-order valence-corrected chi connectivity index (χ3v) is 3.96. The first-order chi connectivity index (χ1) is 8.16. The lowest BCUT2D eigenvalue weighted by Gasteiger charge is -2.24. The molecule has 98 valence electrons. The monoisotopic (exact) mass is 269 g/mol. The maximum atomic E-state index is 12.1. The SMILES string of the molecule is CN(CC(C)(C)O)S(=O)(=O)c1ccc(C#N)nc1. The molecule has 0 saturated heterocycles. The summed E-state index contributed by atoms with van der Waals surface area (Å²) in [4.78, 5) is 3.71. The zero-order chi connectivity index (χ0) is 14.0. The third kappa shape index (κ3) is 3.50. The van der Waals surface area contributed by atoms with Crippen molar-refractivity contribution in [2.24, 2.45) is 0 Å². The molecule has 0 unspecified atom stereocenters. The van der Waals surface area contributed by atoms with E-state index in [2.05, 4.69) is 4.98 Å². The number of hydrogen-bond acceptors (Lipinski definition) is 5. The van der Waals surface area contributed by atoms with Crippen molar-refractivity contribution in [2.75, 3.05) is 13.6 Å². The first-order valence-electron chi connectivity index (χ1n) is 5.22. The smallest absolute Gasteiger partial charge is 0.244 e. The first kappa shape index (κ1) is 14.6. The summed E-state index contributed by atoms with van der Waals surface area (Å²) in [6.45, 7) is 3.02. The van der Waals surface area contributed by atoms with Crippen LogP contribution in [0.25, 0.3) is 0 Å². The number of hydrogen-bond donors (Lipinski definition) is 1. The van der Waals surface area contributed by atoms with E-state index in [-0.39, 0.29) is 17.1 Å². The lowest BCUT2D eigenvalue weighted by molar-refractivity contribution is 0.0640. The number of likely N-dealkylation sites (N-methyl/N-ethyl adjacent to an activating group) is 1. The maximum Gasteiger partial charge on any atom is 0.244 e. The Kier molecular flexibility index (Phi) is 4.06. The lowest BCUT2D eigenvalue weighted by atomic mass is 10.1. The number of sulfonamides is 1. The maximum absolute atomic E-state index is 12.1. The van der Waals surface area contributed by atoms with E-state index >= 15 is 0 Å². The van der Waals surface area contributed by atoms with Crippen LogP contribution >= 0.6 is 0 Å². The summed E-state index contributed by atoms with van der Waals surface area (Å²) in [5, 5.41) is 18.2. The van der Waals surface area contributed by atoms with Crippen LogP contribution in [0.1, 0.15) is 19.5 Å². The van der Waals surface area contributed by atoms with Crippen LogP contribution in [-0.2, 0) is 10.0 Å². The fourth-order valence-electron chi connectivity index (χ4n) is 1.41. The van der Waals surface area contributed by atoms with Gasteiger partial charge in [0.25, 0.3) is 0 Å². The molecule has 1 aromatic rings. The predicted octanol–water partition coefficient (Wildman–Crippen LogP) is 0.345. The van der Waals surface area contributed by atoms with Crippen molar-refractivity contribution in [3.63, 3.8) is 0 Å². The Bertz CT molecular complexity index is 553. The van der Waals surface area contributed by atoms with Gasteiger partial charge < -0.3 is 5.11 Å². The standard InChI is InChI=1S/C11H15N3O3S/c1-11(2,15)8-14(3)18(16,17)10-5-4-9(6-12)13-7-10/h4-5,7,15H,8H2,1-3H3. The fraction of sp³-hybridized carbons (Fsp3) is 0.455. The molecule has 1 N–H and O–H groups in total. The Labute approximate surface area is 107 Å². The van der Waals surface area contributed by atoms with E-state index in [4.69, 9.17) is 5.26 Å². The van der Waals surface area contributed by atoms with Gasteiger partial charge >= 0.3 is 0 Å². The van der Waals surface area contributed by atoms with Crippen LogP contribution in [0.2, 0.25) is 0 Å². The highest BCUT2D eigenvalue weighted by atomic mass is 32.2. The second-order valence-electron chi connectivity index (χ2n) is 4.56. The molecule has 0 atom stereocenters. The summed E-state index contributed by atoms with van der Waals surface area (Å²) in [7, 11) is -2.32. The second-order valence-corrected chi connectivity index (χ2v) is 6.61. The minimum atomic E-state index is -3.70. The van der Waals surface area contributed by atoms with E-state index < -0.39 is 15.6 Å². The number of rotatable bonds is 4. The van der Waals surface area contributed by atoms with Gasteiger partial charge in [-0.1, -0.05) is 0 Å². The van der Waals surface area contributed by atoms with E-state index in [1.807, 2.05) is 6.07 Å². The summed E-state index contributed by atoms with van der Waals surface area (Å²) in [6, 6.07) is 4.47. The molecule has 0 fully saturated rings. The van der Waals surface area contributed by atoms with E-state index in [0.29, 0.717) is 0 Å². The number of aliphatic hydroxyl groups is 1. The van der Waals surface area contributed by atoms with Crippen LogP contribution < -0.4 is 0 Å². The molecule has 0 aliphatic rings. The lowest BCUT2D eigenvalue weighted by Crippen LogP contribution is -2.39. The van der Waals surface area contributed by atoms with Gasteiger partial charge in [0.2, 0.25) is 10.0 Å². The van der Waals surface area contributed by atoms with Gasteiger partial charge in [-0.05, 0) is 26.0 Å². The average Bonchev–Trinajstić information content (AvgIpc) is 2.27. The van der Waals surface area contributed by atoms with Crippen molar-refractivity contribution in [3.05, 3.63) is 24.0 Å². The average molecular weight is 269 g/mol. The van der Waals surface area contributed by atoms with Crippen molar-refractivity contribution in [1.82, 2.24) is 9.29 Å². The molecule has 0 saturated carbocycles. The Morgan fingerprint density at radius 3 is 2.50 bits per heavy atom. The number of aromatic nitrogens is 1. The number of nitrogens with zero attached hydrogens (tertiary/aromatic N) is 3. The second kappa shape index (κ2) is 5.02. The van der Waals surface area contributed by atoms with Crippen molar-refractivity contribution >= 4 is 10.0 Å². The fourth-order valence-corrected chi connectivity index (χ4v) is 2.68. The zero-order valence-corrected chi connectivity index (χ0v) is 11.3. The van der Waals surface area contributed by atoms with Gasteiger partial charge in [0.05, 0.1) is 5.60 Å². The Morgan fingerprint density at radius 2 is 2.11 bits per heavy atom. The van der Waals surface area contributed by atoms with E-state index in [0.717, 1.165) is 10.5 Å². The molecule has 1 rings (SSSR count). The highest BCUT2D eigenvalue weighted by Crippen LogP contribution is 2.16. The minimum absolute atomic E-state index is 0.00625. The molecule has 1 aromatic heterocycles. The van der Waals surface area contributed by atoms with Crippen molar-refractivity contribution < 1.29 is 13.5 Å². The van der Waals surface area contributed by atoms with Gasteiger partial charge in [0, 0.05) is 19.8 Å². The van der Waals surface area contributed by atoms with Gasteiger partial charge in [-0.3, -0.25) is 0 Å². The Morgan fingerprint density at radius 1 is 1.50 bits per heavy atom. The van der Waals surface area contributed by atoms with E-state index in [1.54, 1.807) is 0 Å². The molecule has 7 heteroatoms. The minimum Gasteiger partial charge on any atom is -0.389 e. The van der Waals surface area contributed by atoms with Crippen LogP contribution in [0.4, 0.5) is 0 Å². The Hall–Kier alpha value is -1.49. The molecule has 0 amide bonds. The molecule has 0 aliphatic heterocycles. The van der Waals surface area contributed by atoms with Crippen molar-refractivity contribution in [1.29, 1.82) is 5.26 Å². The molecule has 0 spiro atoms. The summed E-state index contributed by atoms with van der Waals surface area (Å²) < 4.78 is 25.3. The quantitative estimate of drug-likeness (QED) is 0.850. The molecule has 18 heavy (non-hydrogen) atoms. The first-order valence-corrected chi connectivity index (χ1v) is 6.66. The van der Waals surface area contributed by atoms with Gasteiger partial charge in [0.15, 0.2) is 0 Å². The zero-order valence-electron chi connectivity index (χ0n) is 10.5. The van der Waals surface area contributed by atoms with Crippen LogP contribution in [-0.4, -0.2) is 42.0 Å². The largest absolute Gasteiger partial charge is 0.389 e. The van der Waals surface area contributed by atoms with E-state index in [1.165, 1.54) is 33.0 Å². The molecule has 1 heterocycles. The summed E-state index contributed by atoms with van der Waals surface area (Å²) >= 11 is 0. The number of nitriles is 1. The number of pyridine rings is 1.